The standard InChI is InChI=1S/C22H13ClF5N3O/c23-9-4-6-10(7-5-9)31-12-2-1-3-13(32)15(12)14(11(8-29)22(31)30)16-17(24)19(26)21(28)20(27)18(16)25/h4-7,14H,1-3,30H2/t14-/m1/s1. The second-order valence-corrected chi connectivity index (χ2v) is 7.71. The molecule has 164 valence electrons. The van der Waals surface area contributed by atoms with Crippen LogP contribution in [0.5, 0.6) is 0 Å². The van der Waals surface area contributed by atoms with Gasteiger partial charge in [-0.05, 0) is 37.1 Å². The molecule has 0 spiro atoms. The third-order valence-corrected chi connectivity index (χ3v) is 5.78. The van der Waals surface area contributed by atoms with Crippen LogP contribution in [0, 0.1) is 40.4 Å². The van der Waals surface area contributed by atoms with Gasteiger partial charge in [-0.15, -0.1) is 0 Å². The Morgan fingerprint density at radius 3 is 2.09 bits per heavy atom. The van der Waals surface area contributed by atoms with Crippen molar-refractivity contribution in [3.05, 3.63) is 86.6 Å². The number of carbonyl (C=O) groups is 1. The van der Waals surface area contributed by atoms with E-state index in [0.29, 0.717) is 17.1 Å². The fourth-order valence-corrected chi connectivity index (χ4v) is 4.26. The molecule has 2 aromatic carbocycles. The Labute approximate surface area is 184 Å². The normalized spacial score (nSPS) is 18.7. The summed E-state index contributed by atoms with van der Waals surface area (Å²) in [6.07, 6.45) is 0.591. The van der Waals surface area contributed by atoms with E-state index in [0.717, 1.165) is 0 Å². The van der Waals surface area contributed by atoms with Gasteiger partial charge in [-0.2, -0.15) is 5.26 Å². The lowest BCUT2D eigenvalue weighted by Gasteiger charge is -2.39. The molecular formula is C22H13ClF5N3O. The summed E-state index contributed by atoms with van der Waals surface area (Å²) in [5.74, 6) is -13.6. The third-order valence-electron chi connectivity index (χ3n) is 5.53. The van der Waals surface area contributed by atoms with E-state index in [-0.39, 0.29) is 29.9 Å². The molecule has 2 N–H and O–H groups in total. The summed E-state index contributed by atoms with van der Waals surface area (Å²) in [5, 5.41) is 10.2. The molecule has 0 saturated carbocycles. The van der Waals surface area contributed by atoms with Gasteiger partial charge in [0.05, 0.1) is 17.6 Å². The topological polar surface area (TPSA) is 70.1 Å². The molecule has 0 fully saturated rings. The van der Waals surface area contributed by atoms with E-state index in [1.165, 1.54) is 17.0 Å². The molecule has 2 aromatic rings. The third kappa shape index (κ3) is 3.14. The van der Waals surface area contributed by atoms with E-state index in [1.807, 2.05) is 0 Å². The highest BCUT2D eigenvalue weighted by molar-refractivity contribution is 6.30. The first kappa shape index (κ1) is 21.8. The lowest BCUT2D eigenvalue weighted by Crippen LogP contribution is -2.39. The molecule has 32 heavy (non-hydrogen) atoms. The number of rotatable bonds is 2. The van der Waals surface area contributed by atoms with Crippen molar-refractivity contribution in [2.75, 3.05) is 4.90 Å². The van der Waals surface area contributed by atoms with Crippen molar-refractivity contribution >= 4 is 23.1 Å². The summed E-state index contributed by atoms with van der Waals surface area (Å²) in [4.78, 5) is 14.3. The molecule has 2 aliphatic rings. The second kappa shape index (κ2) is 7.95. The van der Waals surface area contributed by atoms with Gasteiger partial charge in [0.25, 0.3) is 0 Å². The molecule has 1 aliphatic carbocycles. The molecular weight excluding hydrogens is 453 g/mol. The maximum Gasteiger partial charge on any atom is 0.200 e. The molecule has 10 heteroatoms. The maximum absolute atomic E-state index is 14.7. The van der Waals surface area contributed by atoms with Crippen LogP contribution in [-0.4, -0.2) is 5.78 Å². The van der Waals surface area contributed by atoms with Crippen LogP contribution >= 0.6 is 11.6 Å². The summed E-state index contributed by atoms with van der Waals surface area (Å²) in [7, 11) is 0. The van der Waals surface area contributed by atoms with E-state index in [1.54, 1.807) is 18.2 Å². The van der Waals surface area contributed by atoms with Crippen LogP contribution < -0.4 is 10.6 Å². The van der Waals surface area contributed by atoms with Crippen LogP contribution in [0.3, 0.4) is 0 Å². The highest BCUT2D eigenvalue weighted by Crippen LogP contribution is 2.48. The van der Waals surface area contributed by atoms with Crippen molar-refractivity contribution in [1.29, 1.82) is 5.26 Å². The van der Waals surface area contributed by atoms with Gasteiger partial charge in [0.2, 0.25) is 5.82 Å². The zero-order valence-corrected chi connectivity index (χ0v) is 16.9. The van der Waals surface area contributed by atoms with Crippen LogP contribution in [0.25, 0.3) is 0 Å². The van der Waals surface area contributed by atoms with E-state index >= 15 is 0 Å². The minimum Gasteiger partial charge on any atom is -0.384 e. The van der Waals surface area contributed by atoms with Gasteiger partial charge in [-0.1, -0.05) is 11.6 Å². The van der Waals surface area contributed by atoms with Gasteiger partial charge < -0.3 is 5.73 Å². The molecule has 0 amide bonds. The SMILES string of the molecule is N#CC1=C(N)N(c2ccc(Cl)cc2)C2=C(C(=O)CCC2)[C@@H]1c1c(F)c(F)c(F)c(F)c1F. The van der Waals surface area contributed by atoms with Gasteiger partial charge >= 0.3 is 0 Å². The monoisotopic (exact) mass is 465 g/mol. The number of anilines is 1. The lowest BCUT2D eigenvalue weighted by atomic mass is 9.75. The maximum atomic E-state index is 14.7. The van der Waals surface area contributed by atoms with Crippen molar-refractivity contribution in [2.24, 2.45) is 5.73 Å². The average Bonchev–Trinajstić information content (AvgIpc) is 2.77. The predicted octanol–water partition coefficient (Wildman–Crippen LogP) is 5.34. The van der Waals surface area contributed by atoms with Crippen LogP contribution in [-0.2, 0) is 4.79 Å². The molecule has 0 unspecified atom stereocenters. The van der Waals surface area contributed by atoms with Crippen LogP contribution in [0.1, 0.15) is 30.7 Å². The smallest absolute Gasteiger partial charge is 0.200 e. The van der Waals surface area contributed by atoms with E-state index < -0.39 is 51.9 Å². The fourth-order valence-electron chi connectivity index (χ4n) is 4.14. The largest absolute Gasteiger partial charge is 0.384 e. The van der Waals surface area contributed by atoms with Crippen LogP contribution in [0.15, 0.2) is 46.9 Å². The summed E-state index contributed by atoms with van der Waals surface area (Å²) in [5.41, 5.74) is 4.83. The summed E-state index contributed by atoms with van der Waals surface area (Å²) < 4.78 is 71.0. The number of nitrogens with two attached hydrogens (primary N) is 1. The Morgan fingerprint density at radius 1 is 0.969 bits per heavy atom. The zero-order valence-electron chi connectivity index (χ0n) is 16.2. The number of nitriles is 1. The quantitative estimate of drug-likeness (QED) is 0.369. The minimum atomic E-state index is -2.33. The van der Waals surface area contributed by atoms with Crippen molar-refractivity contribution in [2.45, 2.75) is 25.2 Å². The number of Topliss-reactive ketones (excluding diaryl/α,β-unsaturated/α-hetero) is 1. The average molecular weight is 466 g/mol. The number of ketones is 1. The molecule has 0 radical (unpaired) electrons. The molecule has 1 atom stereocenters. The van der Waals surface area contributed by atoms with Crippen LogP contribution in [0.4, 0.5) is 27.6 Å². The van der Waals surface area contributed by atoms with Gasteiger partial charge in [0.15, 0.2) is 29.1 Å². The van der Waals surface area contributed by atoms with Gasteiger partial charge in [-0.3, -0.25) is 9.69 Å². The summed E-state index contributed by atoms with van der Waals surface area (Å²) >= 11 is 5.92. The number of allylic oxidation sites excluding steroid dienone is 3. The predicted molar refractivity (Wildman–Crippen MR) is 106 cm³/mol. The molecule has 1 heterocycles. The Balaban J connectivity index is 2.06. The van der Waals surface area contributed by atoms with Gasteiger partial charge in [0.1, 0.15) is 5.82 Å². The fraction of sp³-hybridized carbons (Fsp3) is 0.182. The Bertz CT molecular complexity index is 1230. The number of nitrogens with zero attached hydrogens (tertiary/aromatic N) is 2. The van der Waals surface area contributed by atoms with Gasteiger partial charge in [-0.25, -0.2) is 22.0 Å². The van der Waals surface area contributed by atoms with Crippen molar-refractivity contribution < 1.29 is 26.7 Å². The lowest BCUT2D eigenvalue weighted by molar-refractivity contribution is -0.116. The Hall–Kier alpha value is -3.38. The van der Waals surface area contributed by atoms with E-state index in [9.17, 15) is 32.0 Å². The molecule has 4 nitrogen and oxygen atoms in total. The Kier molecular flexibility index (Phi) is 5.42. The molecule has 1 aliphatic heterocycles. The number of carbonyl (C=O) groups excluding carboxylic acids is 1. The van der Waals surface area contributed by atoms with Crippen molar-refractivity contribution in [3.8, 4) is 6.07 Å². The first-order valence-electron chi connectivity index (χ1n) is 9.42. The molecule has 0 bridgehead atoms. The van der Waals surface area contributed by atoms with E-state index in [4.69, 9.17) is 17.3 Å². The van der Waals surface area contributed by atoms with Crippen molar-refractivity contribution in [1.82, 2.24) is 0 Å². The molecule has 0 saturated heterocycles. The number of halogens is 6. The van der Waals surface area contributed by atoms with Crippen LogP contribution in [0.2, 0.25) is 5.02 Å². The first-order valence-corrected chi connectivity index (χ1v) is 9.79. The highest BCUT2D eigenvalue weighted by Gasteiger charge is 2.44. The Morgan fingerprint density at radius 2 is 1.53 bits per heavy atom. The summed E-state index contributed by atoms with van der Waals surface area (Å²) in [6.45, 7) is 0. The van der Waals surface area contributed by atoms with Gasteiger partial charge in [0, 0.05) is 34.0 Å². The number of hydrogen-bond donors (Lipinski definition) is 1. The molecule has 4 rings (SSSR count). The van der Waals surface area contributed by atoms with Crippen molar-refractivity contribution in [3.63, 3.8) is 0 Å². The number of hydrogen-bond acceptors (Lipinski definition) is 4. The second-order valence-electron chi connectivity index (χ2n) is 7.28. The first-order chi connectivity index (χ1) is 15.2. The highest BCUT2D eigenvalue weighted by atomic mass is 35.5. The molecule has 0 aromatic heterocycles. The zero-order chi connectivity index (χ0) is 23.3. The number of benzene rings is 2. The minimum absolute atomic E-state index is 0.0161. The van der Waals surface area contributed by atoms with E-state index in [2.05, 4.69) is 0 Å². The summed E-state index contributed by atoms with van der Waals surface area (Å²) in [6, 6.07) is 7.91.